The summed E-state index contributed by atoms with van der Waals surface area (Å²) in [4.78, 5) is 15.1. The van der Waals surface area contributed by atoms with Crippen molar-refractivity contribution in [3.05, 3.63) is 71.8 Å². The highest BCUT2D eigenvalue weighted by Crippen LogP contribution is 2.35. The molecule has 1 saturated heterocycles. The Morgan fingerprint density at radius 2 is 1.62 bits per heavy atom. The summed E-state index contributed by atoms with van der Waals surface area (Å²) >= 11 is 0. The molecule has 2 aromatic rings. The van der Waals surface area contributed by atoms with E-state index < -0.39 is 0 Å². The Balaban J connectivity index is 1.47. The summed E-state index contributed by atoms with van der Waals surface area (Å²) in [5, 5.41) is 3.19. The van der Waals surface area contributed by atoms with Gasteiger partial charge >= 0.3 is 0 Å². The Morgan fingerprint density at radius 1 is 0.923 bits per heavy atom. The maximum Gasteiger partial charge on any atom is 0.224 e. The summed E-state index contributed by atoms with van der Waals surface area (Å²) in [6.45, 7) is 2.61. The number of benzene rings is 2. The molecule has 2 fully saturated rings. The van der Waals surface area contributed by atoms with E-state index in [1.165, 1.54) is 24.0 Å². The standard InChI is InChI=1S/C23H28N2O/c26-23(24-15-18-11-12-18)21-13-14-22(20-9-5-2-6-10-20)25(17-21)16-19-7-3-1-4-8-19/h1-10,18,21-22H,11-17H2,(H,24,26)/t21-,22+/m0/s1. The van der Waals surface area contributed by atoms with Crippen LogP contribution in [0, 0.1) is 11.8 Å². The molecule has 2 aliphatic rings. The van der Waals surface area contributed by atoms with Crippen LogP contribution >= 0.6 is 0 Å². The highest BCUT2D eigenvalue weighted by molar-refractivity contribution is 5.79. The predicted octanol–water partition coefficient (Wildman–Crippen LogP) is 4.17. The number of nitrogens with zero attached hydrogens (tertiary/aromatic N) is 1. The lowest BCUT2D eigenvalue weighted by atomic mass is 9.88. The van der Waals surface area contributed by atoms with Gasteiger partial charge < -0.3 is 5.32 Å². The highest BCUT2D eigenvalue weighted by Gasteiger charge is 2.33. The molecular weight excluding hydrogens is 320 g/mol. The van der Waals surface area contributed by atoms with Gasteiger partial charge in [0.05, 0.1) is 5.92 Å². The predicted molar refractivity (Wildman–Crippen MR) is 104 cm³/mol. The number of amides is 1. The molecule has 3 heteroatoms. The second-order valence-electron chi connectivity index (χ2n) is 7.80. The Bertz CT molecular complexity index is 712. The molecule has 0 spiro atoms. The number of likely N-dealkylation sites (tertiary alicyclic amines) is 1. The van der Waals surface area contributed by atoms with Crippen LogP contribution in [0.3, 0.4) is 0 Å². The van der Waals surface area contributed by atoms with E-state index in [1.54, 1.807) is 0 Å². The van der Waals surface area contributed by atoms with E-state index in [1.807, 2.05) is 0 Å². The van der Waals surface area contributed by atoms with Crippen LogP contribution in [0.5, 0.6) is 0 Å². The SMILES string of the molecule is O=C(NCC1CC1)[C@H]1CC[C@H](c2ccccc2)N(Cc2ccccc2)C1. The molecule has 0 unspecified atom stereocenters. The molecule has 1 amide bonds. The quantitative estimate of drug-likeness (QED) is 0.850. The molecule has 1 heterocycles. The fraction of sp³-hybridized carbons (Fsp3) is 0.435. The van der Waals surface area contributed by atoms with Crippen molar-refractivity contribution in [2.45, 2.75) is 38.3 Å². The second-order valence-corrected chi connectivity index (χ2v) is 7.80. The molecule has 4 rings (SSSR count). The Hall–Kier alpha value is -2.13. The van der Waals surface area contributed by atoms with Gasteiger partial charge in [0.25, 0.3) is 0 Å². The fourth-order valence-electron chi connectivity index (χ4n) is 4.01. The monoisotopic (exact) mass is 348 g/mol. The number of carbonyl (C=O) groups is 1. The lowest BCUT2D eigenvalue weighted by molar-refractivity contribution is -0.127. The molecule has 1 aliphatic heterocycles. The van der Waals surface area contributed by atoms with Crippen LogP contribution in [-0.4, -0.2) is 23.9 Å². The number of piperidine rings is 1. The molecule has 2 atom stereocenters. The van der Waals surface area contributed by atoms with Gasteiger partial charge in [-0.15, -0.1) is 0 Å². The number of carbonyl (C=O) groups excluding carboxylic acids is 1. The molecular formula is C23H28N2O. The minimum atomic E-state index is 0.109. The van der Waals surface area contributed by atoms with Gasteiger partial charge in [0, 0.05) is 25.7 Å². The molecule has 2 aromatic carbocycles. The maximum atomic E-state index is 12.6. The van der Waals surface area contributed by atoms with Crippen molar-refractivity contribution < 1.29 is 4.79 Å². The Kier molecular flexibility index (Phi) is 5.35. The van der Waals surface area contributed by atoms with E-state index in [0.29, 0.717) is 6.04 Å². The van der Waals surface area contributed by atoms with E-state index in [-0.39, 0.29) is 11.8 Å². The maximum absolute atomic E-state index is 12.6. The number of rotatable bonds is 6. The van der Waals surface area contributed by atoms with Crippen molar-refractivity contribution in [3.8, 4) is 0 Å². The average Bonchev–Trinajstić information content (AvgIpc) is 3.52. The van der Waals surface area contributed by atoms with E-state index in [9.17, 15) is 4.79 Å². The third-order valence-electron chi connectivity index (χ3n) is 5.73. The minimum Gasteiger partial charge on any atom is -0.356 e. The van der Waals surface area contributed by atoms with Gasteiger partial charge in [-0.3, -0.25) is 9.69 Å². The van der Waals surface area contributed by atoms with Gasteiger partial charge in [0.2, 0.25) is 5.91 Å². The molecule has 136 valence electrons. The van der Waals surface area contributed by atoms with E-state index in [4.69, 9.17) is 0 Å². The Morgan fingerprint density at radius 3 is 2.31 bits per heavy atom. The molecule has 1 saturated carbocycles. The number of hydrogen-bond donors (Lipinski definition) is 1. The van der Waals surface area contributed by atoms with Gasteiger partial charge in [0.1, 0.15) is 0 Å². The normalized spacial score (nSPS) is 23.5. The third-order valence-corrected chi connectivity index (χ3v) is 5.73. The molecule has 26 heavy (non-hydrogen) atoms. The largest absolute Gasteiger partial charge is 0.356 e. The van der Waals surface area contributed by atoms with Crippen LogP contribution < -0.4 is 5.32 Å². The molecule has 1 N–H and O–H groups in total. The number of hydrogen-bond acceptors (Lipinski definition) is 2. The van der Waals surface area contributed by atoms with Gasteiger partial charge in [0.15, 0.2) is 0 Å². The fourth-order valence-corrected chi connectivity index (χ4v) is 4.01. The van der Waals surface area contributed by atoms with Crippen molar-refractivity contribution in [1.29, 1.82) is 0 Å². The van der Waals surface area contributed by atoms with Crippen molar-refractivity contribution in [2.24, 2.45) is 11.8 Å². The van der Waals surface area contributed by atoms with Crippen molar-refractivity contribution in [1.82, 2.24) is 10.2 Å². The van der Waals surface area contributed by atoms with Gasteiger partial charge in [-0.05, 0) is 42.7 Å². The Labute approximate surface area is 156 Å². The van der Waals surface area contributed by atoms with E-state index in [0.717, 1.165) is 38.4 Å². The zero-order valence-electron chi connectivity index (χ0n) is 15.3. The van der Waals surface area contributed by atoms with Crippen LogP contribution in [0.4, 0.5) is 0 Å². The first-order chi connectivity index (χ1) is 12.8. The zero-order valence-corrected chi connectivity index (χ0v) is 15.3. The summed E-state index contributed by atoms with van der Waals surface area (Å²) in [5.74, 6) is 1.10. The van der Waals surface area contributed by atoms with Crippen molar-refractivity contribution >= 4 is 5.91 Å². The second kappa shape index (κ2) is 8.05. The van der Waals surface area contributed by atoms with Crippen molar-refractivity contribution in [2.75, 3.05) is 13.1 Å². The van der Waals surface area contributed by atoms with Crippen LogP contribution in [0.25, 0.3) is 0 Å². The topological polar surface area (TPSA) is 32.3 Å². The number of nitrogens with one attached hydrogen (secondary N) is 1. The van der Waals surface area contributed by atoms with Gasteiger partial charge in [-0.2, -0.15) is 0 Å². The van der Waals surface area contributed by atoms with Crippen molar-refractivity contribution in [3.63, 3.8) is 0 Å². The molecule has 1 aliphatic carbocycles. The molecule has 0 radical (unpaired) electrons. The zero-order chi connectivity index (χ0) is 17.8. The van der Waals surface area contributed by atoms with Gasteiger partial charge in [-0.1, -0.05) is 60.7 Å². The van der Waals surface area contributed by atoms with Crippen LogP contribution in [0.15, 0.2) is 60.7 Å². The molecule has 0 aromatic heterocycles. The first-order valence-electron chi connectivity index (χ1n) is 9.90. The molecule has 0 bridgehead atoms. The average molecular weight is 348 g/mol. The first-order valence-corrected chi connectivity index (χ1v) is 9.90. The smallest absolute Gasteiger partial charge is 0.224 e. The summed E-state index contributed by atoms with van der Waals surface area (Å²) in [6.07, 6.45) is 4.57. The summed E-state index contributed by atoms with van der Waals surface area (Å²) in [6, 6.07) is 21.7. The van der Waals surface area contributed by atoms with Crippen LogP contribution in [0.1, 0.15) is 42.9 Å². The van der Waals surface area contributed by atoms with Crippen LogP contribution in [-0.2, 0) is 11.3 Å². The van der Waals surface area contributed by atoms with E-state index in [2.05, 4.69) is 70.9 Å². The summed E-state index contributed by atoms with van der Waals surface area (Å²) in [5.41, 5.74) is 2.67. The first kappa shape index (κ1) is 17.3. The van der Waals surface area contributed by atoms with Gasteiger partial charge in [-0.25, -0.2) is 0 Å². The van der Waals surface area contributed by atoms with Crippen LogP contribution in [0.2, 0.25) is 0 Å². The highest BCUT2D eigenvalue weighted by atomic mass is 16.1. The lowest BCUT2D eigenvalue weighted by Crippen LogP contribution is -2.44. The summed E-state index contributed by atoms with van der Waals surface area (Å²) < 4.78 is 0. The van der Waals surface area contributed by atoms with E-state index >= 15 is 0 Å². The summed E-state index contributed by atoms with van der Waals surface area (Å²) in [7, 11) is 0. The minimum absolute atomic E-state index is 0.109. The molecule has 3 nitrogen and oxygen atoms in total. The lowest BCUT2D eigenvalue weighted by Gasteiger charge is -2.39. The third kappa shape index (κ3) is 4.34.